The molecule has 1 aromatic rings. The van der Waals surface area contributed by atoms with E-state index in [0.717, 1.165) is 11.3 Å². The van der Waals surface area contributed by atoms with Gasteiger partial charge in [0.1, 0.15) is 6.04 Å². The van der Waals surface area contributed by atoms with E-state index in [2.05, 4.69) is 5.32 Å². The van der Waals surface area contributed by atoms with Gasteiger partial charge in [0.05, 0.1) is 18.2 Å². The Bertz CT molecular complexity index is 525. The Morgan fingerprint density at radius 1 is 1.43 bits per heavy atom. The molecule has 0 aliphatic carbocycles. The Balaban J connectivity index is 2.84. The first-order chi connectivity index (χ1) is 10.9. The molecule has 1 atom stereocenters. The van der Waals surface area contributed by atoms with Gasteiger partial charge in [0, 0.05) is 6.54 Å². The number of carbonyl (C=O) groups is 1. The molecule has 0 heterocycles. The number of benzene rings is 1. The summed E-state index contributed by atoms with van der Waals surface area (Å²) in [5, 5.41) is 12.7. The van der Waals surface area contributed by atoms with E-state index >= 15 is 0 Å². The second-order valence-corrected chi connectivity index (χ2v) is 6.72. The molecule has 1 unspecified atom stereocenters. The van der Waals surface area contributed by atoms with Crippen LogP contribution in [0.15, 0.2) is 12.1 Å². The topological polar surface area (TPSA) is 67.8 Å². The summed E-state index contributed by atoms with van der Waals surface area (Å²) in [7, 11) is 1.55. The number of halogens is 1. The zero-order valence-electron chi connectivity index (χ0n) is 13.9. The van der Waals surface area contributed by atoms with Crippen molar-refractivity contribution < 1.29 is 19.4 Å². The van der Waals surface area contributed by atoms with Crippen LogP contribution in [0.2, 0.25) is 5.02 Å². The maximum Gasteiger partial charge on any atom is 0.320 e. The van der Waals surface area contributed by atoms with Crippen LogP contribution >= 0.6 is 23.4 Å². The number of aliphatic carboxylic acids is 1. The minimum absolute atomic E-state index is 0.0201. The average Bonchev–Trinajstić information content (AvgIpc) is 2.48. The van der Waals surface area contributed by atoms with Crippen LogP contribution in [0.3, 0.4) is 0 Å². The van der Waals surface area contributed by atoms with Gasteiger partial charge >= 0.3 is 5.97 Å². The first-order valence-electron chi connectivity index (χ1n) is 7.37. The Morgan fingerprint density at radius 3 is 2.65 bits per heavy atom. The van der Waals surface area contributed by atoms with Gasteiger partial charge in [-0.15, -0.1) is 0 Å². The molecular weight excluding hydrogens is 338 g/mol. The van der Waals surface area contributed by atoms with Crippen molar-refractivity contribution >= 4 is 29.3 Å². The van der Waals surface area contributed by atoms with Crippen molar-refractivity contribution in [3.8, 4) is 11.5 Å². The molecule has 0 amide bonds. The van der Waals surface area contributed by atoms with E-state index in [1.807, 2.05) is 26.2 Å². The van der Waals surface area contributed by atoms with E-state index < -0.39 is 12.0 Å². The maximum absolute atomic E-state index is 11.2. The fraction of sp³-hybridized carbons (Fsp3) is 0.562. The van der Waals surface area contributed by atoms with E-state index in [4.69, 9.17) is 21.1 Å². The second kappa shape index (κ2) is 9.90. The molecule has 2 N–H and O–H groups in total. The lowest BCUT2D eigenvalue weighted by molar-refractivity contribution is -0.139. The number of rotatable bonds is 10. The lowest BCUT2D eigenvalue weighted by atomic mass is 10.1. The number of carboxylic acids is 1. The molecule has 7 heteroatoms. The molecule has 130 valence electrons. The van der Waals surface area contributed by atoms with Gasteiger partial charge in [-0.3, -0.25) is 4.79 Å². The van der Waals surface area contributed by atoms with E-state index in [1.54, 1.807) is 24.9 Å². The van der Waals surface area contributed by atoms with E-state index in [-0.39, 0.29) is 6.10 Å². The van der Waals surface area contributed by atoms with Gasteiger partial charge in [-0.2, -0.15) is 11.8 Å². The highest BCUT2D eigenvalue weighted by Crippen LogP contribution is 2.37. The molecule has 0 bridgehead atoms. The first kappa shape index (κ1) is 19.9. The number of thioether (sulfide) groups is 1. The van der Waals surface area contributed by atoms with Gasteiger partial charge in [0.2, 0.25) is 0 Å². The lowest BCUT2D eigenvalue weighted by Gasteiger charge is -2.18. The van der Waals surface area contributed by atoms with E-state index in [1.165, 1.54) is 0 Å². The van der Waals surface area contributed by atoms with Crippen LogP contribution < -0.4 is 14.8 Å². The molecule has 0 aliphatic rings. The summed E-state index contributed by atoms with van der Waals surface area (Å²) in [5.74, 6) is 0.982. The smallest absolute Gasteiger partial charge is 0.320 e. The van der Waals surface area contributed by atoms with Crippen LogP contribution in [-0.2, 0) is 11.3 Å². The van der Waals surface area contributed by atoms with Crippen LogP contribution in [0.4, 0.5) is 0 Å². The largest absolute Gasteiger partial charge is 0.493 e. The van der Waals surface area contributed by atoms with Crippen molar-refractivity contribution in [2.24, 2.45) is 0 Å². The average molecular weight is 362 g/mol. The molecular formula is C16H24ClNO4S. The van der Waals surface area contributed by atoms with Crippen molar-refractivity contribution in [3.63, 3.8) is 0 Å². The summed E-state index contributed by atoms with van der Waals surface area (Å²) >= 11 is 7.89. The number of hydrogen-bond acceptors (Lipinski definition) is 5. The Labute approximate surface area is 146 Å². The number of carboxylic acid groups (broad SMARTS) is 1. The summed E-state index contributed by atoms with van der Waals surface area (Å²) < 4.78 is 11.0. The zero-order valence-corrected chi connectivity index (χ0v) is 15.5. The van der Waals surface area contributed by atoms with Crippen molar-refractivity contribution in [3.05, 3.63) is 22.7 Å². The predicted molar refractivity (Wildman–Crippen MR) is 95.0 cm³/mol. The molecule has 0 fully saturated rings. The summed E-state index contributed by atoms with van der Waals surface area (Å²) in [6, 6.07) is 2.99. The minimum atomic E-state index is -0.850. The molecule has 5 nitrogen and oxygen atoms in total. The van der Waals surface area contributed by atoms with Gasteiger partial charge in [-0.25, -0.2) is 0 Å². The van der Waals surface area contributed by atoms with Crippen molar-refractivity contribution in [1.82, 2.24) is 5.32 Å². The van der Waals surface area contributed by atoms with Gasteiger partial charge < -0.3 is 19.9 Å². The minimum Gasteiger partial charge on any atom is -0.493 e. The number of nitrogens with one attached hydrogen (secondary N) is 1. The summed E-state index contributed by atoms with van der Waals surface area (Å²) in [5.41, 5.74) is 0.846. The summed E-state index contributed by atoms with van der Waals surface area (Å²) in [6.07, 6.45) is 2.50. The van der Waals surface area contributed by atoms with Crippen LogP contribution in [0.5, 0.6) is 11.5 Å². The third-order valence-electron chi connectivity index (χ3n) is 3.10. The fourth-order valence-electron chi connectivity index (χ4n) is 2.01. The van der Waals surface area contributed by atoms with E-state index in [9.17, 15) is 9.90 Å². The summed E-state index contributed by atoms with van der Waals surface area (Å²) in [6.45, 7) is 4.21. The molecule has 0 saturated heterocycles. The fourth-order valence-corrected chi connectivity index (χ4v) is 2.76. The highest BCUT2D eigenvalue weighted by molar-refractivity contribution is 7.98. The molecule has 0 aromatic heterocycles. The summed E-state index contributed by atoms with van der Waals surface area (Å²) in [4.78, 5) is 11.2. The Morgan fingerprint density at radius 2 is 2.13 bits per heavy atom. The van der Waals surface area contributed by atoms with Gasteiger partial charge in [-0.1, -0.05) is 11.6 Å². The van der Waals surface area contributed by atoms with Gasteiger partial charge in [0.15, 0.2) is 11.5 Å². The lowest BCUT2D eigenvalue weighted by Crippen LogP contribution is -2.36. The normalized spacial score (nSPS) is 12.3. The molecule has 23 heavy (non-hydrogen) atoms. The molecule has 0 saturated carbocycles. The highest BCUT2D eigenvalue weighted by Gasteiger charge is 2.18. The van der Waals surface area contributed by atoms with Crippen LogP contribution in [0.1, 0.15) is 25.8 Å². The van der Waals surface area contributed by atoms with E-state index in [0.29, 0.717) is 29.5 Å². The second-order valence-electron chi connectivity index (χ2n) is 5.33. The monoisotopic (exact) mass is 361 g/mol. The predicted octanol–water partition coefficient (Wildman–Crippen LogP) is 3.43. The van der Waals surface area contributed by atoms with Crippen LogP contribution in [-0.4, -0.2) is 42.3 Å². The molecule has 0 aliphatic heterocycles. The molecule has 1 rings (SSSR count). The van der Waals surface area contributed by atoms with Gasteiger partial charge in [0.25, 0.3) is 0 Å². The first-order valence-corrected chi connectivity index (χ1v) is 9.14. The van der Waals surface area contributed by atoms with Crippen LogP contribution in [0, 0.1) is 0 Å². The number of hydrogen-bond donors (Lipinski definition) is 2. The maximum atomic E-state index is 11.2. The molecule has 1 aromatic carbocycles. The highest BCUT2D eigenvalue weighted by atomic mass is 35.5. The third kappa shape index (κ3) is 6.49. The Hall–Kier alpha value is -1.11. The third-order valence-corrected chi connectivity index (χ3v) is 4.03. The SMILES string of the molecule is COc1cc(CNC(CCSC)C(=O)O)cc(Cl)c1OC(C)C. The van der Waals surface area contributed by atoms with Gasteiger partial charge in [-0.05, 0) is 50.0 Å². The number of ether oxygens (including phenoxy) is 2. The standard InChI is InChI=1S/C16H24ClNO4S/c1-10(2)22-15-12(17)7-11(8-14(15)21-3)9-18-13(16(19)20)5-6-23-4/h7-8,10,13,18H,5-6,9H2,1-4H3,(H,19,20). The quantitative estimate of drug-likeness (QED) is 0.665. The van der Waals surface area contributed by atoms with Crippen LogP contribution in [0.25, 0.3) is 0 Å². The number of methoxy groups -OCH3 is 1. The van der Waals surface area contributed by atoms with Crippen molar-refractivity contribution in [2.75, 3.05) is 19.1 Å². The van der Waals surface area contributed by atoms with Crippen molar-refractivity contribution in [1.29, 1.82) is 0 Å². The Kier molecular flexibility index (Phi) is 8.58. The molecule has 0 radical (unpaired) electrons. The van der Waals surface area contributed by atoms with Crippen molar-refractivity contribution in [2.45, 2.75) is 39.0 Å². The molecule has 0 spiro atoms. The zero-order chi connectivity index (χ0) is 17.4.